The fourth-order valence-electron chi connectivity index (χ4n) is 1.86. The number of hydrogen-bond acceptors (Lipinski definition) is 3. The molecule has 0 saturated heterocycles. The maximum atomic E-state index is 8.71. The van der Waals surface area contributed by atoms with Crippen LogP contribution in [0.5, 0.6) is 0 Å². The zero-order valence-electron chi connectivity index (χ0n) is 10.5. The summed E-state index contributed by atoms with van der Waals surface area (Å²) in [4.78, 5) is 2.18. The van der Waals surface area contributed by atoms with Gasteiger partial charge >= 0.3 is 0 Å². The van der Waals surface area contributed by atoms with Gasteiger partial charge in [-0.15, -0.1) is 0 Å². The Balaban J connectivity index is 2.62. The average Bonchev–Trinajstić information content (AvgIpc) is 2.29. The van der Waals surface area contributed by atoms with Crippen molar-refractivity contribution in [3.05, 3.63) is 22.7 Å². The first-order valence-electron chi connectivity index (χ1n) is 5.94. The molecular weight excluding hydrogens is 236 g/mol. The van der Waals surface area contributed by atoms with Gasteiger partial charge in [0.05, 0.1) is 10.7 Å². The lowest BCUT2D eigenvalue weighted by Gasteiger charge is -2.22. The van der Waals surface area contributed by atoms with E-state index in [2.05, 4.69) is 4.90 Å². The van der Waals surface area contributed by atoms with Crippen molar-refractivity contribution < 1.29 is 5.11 Å². The Kier molecular flexibility index (Phi) is 5.59. The van der Waals surface area contributed by atoms with Gasteiger partial charge in [0, 0.05) is 25.9 Å². The second-order valence-corrected chi connectivity index (χ2v) is 4.77. The van der Waals surface area contributed by atoms with Gasteiger partial charge in [-0.25, -0.2) is 0 Å². The number of nitrogens with zero attached hydrogens (tertiary/aromatic N) is 1. The fraction of sp³-hybridized carbons (Fsp3) is 0.538. The Bertz CT molecular complexity index is 369. The van der Waals surface area contributed by atoms with Gasteiger partial charge in [-0.3, -0.25) is 0 Å². The molecule has 0 aliphatic rings. The van der Waals surface area contributed by atoms with Crippen LogP contribution in [0.4, 0.5) is 11.4 Å². The van der Waals surface area contributed by atoms with Crippen molar-refractivity contribution in [2.45, 2.75) is 26.2 Å². The van der Waals surface area contributed by atoms with Crippen molar-refractivity contribution in [3.63, 3.8) is 0 Å². The molecule has 17 heavy (non-hydrogen) atoms. The largest absolute Gasteiger partial charge is 0.398 e. The Morgan fingerprint density at radius 1 is 1.29 bits per heavy atom. The molecular formula is C13H21ClN2O. The van der Waals surface area contributed by atoms with Crippen LogP contribution in [0.3, 0.4) is 0 Å². The maximum absolute atomic E-state index is 8.71. The lowest BCUT2D eigenvalue weighted by molar-refractivity contribution is 0.283. The molecule has 3 nitrogen and oxygen atoms in total. The van der Waals surface area contributed by atoms with Crippen LogP contribution >= 0.6 is 11.6 Å². The molecule has 1 aromatic carbocycles. The van der Waals surface area contributed by atoms with E-state index in [-0.39, 0.29) is 6.61 Å². The summed E-state index contributed by atoms with van der Waals surface area (Å²) in [7, 11) is 2.05. The quantitative estimate of drug-likeness (QED) is 0.608. The minimum atomic E-state index is 0.274. The number of hydrogen-bond donors (Lipinski definition) is 2. The minimum absolute atomic E-state index is 0.274. The van der Waals surface area contributed by atoms with Gasteiger partial charge in [-0.2, -0.15) is 0 Å². The predicted molar refractivity (Wildman–Crippen MR) is 74.8 cm³/mol. The zero-order chi connectivity index (χ0) is 12.8. The van der Waals surface area contributed by atoms with E-state index in [1.54, 1.807) is 0 Å². The molecule has 4 heteroatoms. The first-order valence-corrected chi connectivity index (χ1v) is 6.31. The standard InChI is InChI=1S/C13H21ClN2O/c1-10-8-12(15)11(14)9-13(10)16(2)6-4-3-5-7-17/h8-9,17H,3-7,15H2,1-2H3. The number of unbranched alkanes of at least 4 members (excludes halogenated alkanes) is 2. The molecule has 0 atom stereocenters. The first-order chi connectivity index (χ1) is 8.06. The molecule has 0 spiro atoms. The molecule has 0 unspecified atom stereocenters. The van der Waals surface area contributed by atoms with Crippen LogP contribution in [0, 0.1) is 6.92 Å². The number of nitrogen functional groups attached to an aromatic ring is 1. The second-order valence-electron chi connectivity index (χ2n) is 4.37. The maximum Gasteiger partial charge on any atom is 0.0656 e. The SMILES string of the molecule is Cc1cc(N)c(Cl)cc1N(C)CCCCCO. The van der Waals surface area contributed by atoms with Crippen LogP contribution < -0.4 is 10.6 Å². The van der Waals surface area contributed by atoms with Gasteiger partial charge in [-0.05, 0) is 43.9 Å². The van der Waals surface area contributed by atoms with Gasteiger partial charge in [0.25, 0.3) is 0 Å². The summed E-state index contributed by atoms with van der Waals surface area (Å²) >= 11 is 6.03. The lowest BCUT2D eigenvalue weighted by atomic mass is 10.1. The molecule has 96 valence electrons. The second kappa shape index (κ2) is 6.72. The van der Waals surface area contributed by atoms with E-state index in [9.17, 15) is 0 Å². The van der Waals surface area contributed by atoms with Crippen molar-refractivity contribution in [2.75, 3.05) is 30.8 Å². The molecule has 0 bridgehead atoms. The van der Waals surface area contributed by atoms with E-state index in [0.29, 0.717) is 10.7 Å². The number of benzene rings is 1. The van der Waals surface area contributed by atoms with Crippen molar-refractivity contribution in [1.29, 1.82) is 0 Å². The number of halogens is 1. The van der Waals surface area contributed by atoms with Crippen LogP contribution in [-0.2, 0) is 0 Å². The van der Waals surface area contributed by atoms with E-state index < -0.39 is 0 Å². The molecule has 0 fully saturated rings. The lowest BCUT2D eigenvalue weighted by Crippen LogP contribution is -2.19. The summed E-state index contributed by atoms with van der Waals surface area (Å²) in [5.74, 6) is 0. The van der Waals surface area contributed by atoms with Crippen molar-refractivity contribution in [2.24, 2.45) is 0 Å². The van der Waals surface area contributed by atoms with Gasteiger partial charge in [0.15, 0.2) is 0 Å². The highest BCUT2D eigenvalue weighted by Crippen LogP contribution is 2.28. The van der Waals surface area contributed by atoms with Gasteiger partial charge < -0.3 is 15.7 Å². The van der Waals surface area contributed by atoms with Gasteiger partial charge in [-0.1, -0.05) is 11.6 Å². The fourth-order valence-corrected chi connectivity index (χ4v) is 2.02. The smallest absolute Gasteiger partial charge is 0.0656 e. The summed E-state index contributed by atoms with van der Waals surface area (Å²) in [6.07, 6.45) is 2.98. The van der Waals surface area contributed by atoms with Crippen molar-refractivity contribution in [3.8, 4) is 0 Å². The van der Waals surface area contributed by atoms with Crippen LogP contribution in [0.2, 0.25) is 5.02 Å². The summed E-state index contributed by atoms with van der Waals surface area (Å²) in [5.41, 5.74) is 8.63. The number of rotatable bonds is 6. The normalized spacial score (nSPS) is 10.6. The highest BCUT2D eigenvalue weighted by Gasteiger charge is 2.07. The zero-order valence-corrected chi connectivity index (χ0v) is 11.3. The molecule has 0 heterocycles. The number of aliphatic hydroxyl groups excluding tert-OH is 1. The Morgan fingerprint density at radius 3 is 2.65 bits per heavy atom. The third kappa shape index (κ3) is 4.10. The minimum Gasteiger partial charge on any atom is -0.398 e. The molecule has 0 aliphatic carbocycles. The molecule has 3 N–H and O–H groups in total. The molecule has 1 aromatic rings. The highest BCUT2D eigenvalue weighted by atomic mass is 35.5. The van der Waals surface area contributed by atoms with Crippen molar-refractivity contribution >= 4 is 23.0 Å². The molecule has 1 rings (SSSR count). The van der Waals surface area contributed by atoms with E-state index in [4.69, 9.17) is 22.4 Å². The van der Waals surface area contributed by atoms with Gasteiger partial charge in [0.1, 0.15) is 0 Å². The molecule has 0 aromatic heterocycles. The van der Waals surface area contributed by atoms with E-state index in [1.165, 1.54) is 0 Å². The molecule has 0 saturated carbocycles. The summed E-state index contributed by atoms with van der Waals surface area (Å²) in [6, 6.07) is 3.82. The first kappa shape index (κ1) is 14.1. The molecule has 0 aliphatic heterocycles. The van der Waals surface area contributed by atoms with Crippen LogP contribution in [0.25, 0.3) is 0 Å². The van der Waals surface area contributed by atoms with E-state index in [1.807, 2.05) is 26.1 Å². The monoisotopic (exact) mass is 256 g/mol. The van der Waals surface area contributed by atoms with E-state index >= 15 is 0 Å². The van der Waals surface area contributed by atoms with Gasteiger partial charge in [0.2, 0.25) is 0 Å². The van der Waals surface area contributed by atoms with E-state index in [0.717, 1.165) is 37.1 Å². The van der Waals surface area contributed by atoms with Crippen molar-refractivity contribution in [1.82, 2.24) is 0 Å². The number of aliphatic hydroxyl groups is 1. The summed E-state index contributed by atoms with van der Waals surface area (Å²) < 4.78 is 0. The van der Waals surface area contributed by atoms with Crippen LogP contribution in [-0.4, -0.2) is 25.3 Å². The number of nitrogens with two attached hydrogens (primary N) is 1. The average molecular weight is 257 g/mol. The number of aryl methyl sites for hydroxylation is 1. The topological polar surface area (TPSA) is 49.5 Å². The highest BCUT2D eigenvalue weighted by molar-refractivity contribution is 6.33. The Morgan fingerprint density at radius 2 is 2.00 bits per heavy atom. The third-order valence-corrected chi connectivity index (χ3v) is 3.21. The predicted octanol–water partition coefficient (Wildman–Crippen LogP) is 2.83. The molecule has 0 radical (unpaired) electrons. The third-order valence-electron chi connectivity index (χ3n) is 2.88. The Labute approximate surface area is 108 Å². The van der Waals surface area contributed by atoms with Crippen LogP contribution in [0.15, 0.2) is 12.1 Å². The Hall–Kier alpha value is -0.930. The summed E-state index contributed by atoms with van der Waals surface area (Å²) in [5, 5.41) is 9.32. The van der Waals surface area contributed by atoms with Crippen LogP contribution in [0.1, 0.15) is 24.8 Å². The summed E-state index contributed by atoms with van der Waals surface area (Å²) in [6.45, 7) is 3.27. The number of anilines is 2. The molecule has 0 amide bonds.